The van der Waals surface area contributed by atoms with Crippen molar-refractivity contribution in [2.45, 2.75) is 25.4 Å². The number of carbonyl (C=O) groups excluding carboxylic acids is 1. The summed E-state index contributed by atoms with van der Waals surface area (Å²) in [5.41, 5.74) is 0.680. The third-order valence-corrected chi connectivity index (χ3v) is 3.30. The van der Waals surface area contributed by atoms with E-state index < -0.39 is 0 Å². The van der Waals surface area contributed by atoms with Crippen molar-refractivity contribution in [3.63, 3.8) is 0 Å². The summed E-state index contributed by atoms with van der Waals surface area (Å²) in [6.45, 7) is 1.34. The summed E-state index contributed by atoms with van der Waals surface area (Å²) in [6.07, 6.45) is 4.07. The lowest BCUT2D eigenvalue weighted by atomic mass is 10.2. The normalized spacial score (nSPS) is 17.8. The molecule has 3 rings (SSSR count). The summed E-state index contributed by atoms with van der Waals surface area (Å²) in [6, 6.07) is 5.52. The number of ether oxygens (including phenoxy) is 1. The first-order valence-electron chi connectivity index (χ1n) is 7.02. The van der Waals surface area contributed by atoms with Crippen LogP contribution < -0.4 is 5.32 Å². The number of pyridine rings is 1. The molecule has 0 aromatic carbocycles. The molecule has 7 nitrogen and oxygen atoms in total. The van der Waals surface area contributed by atoms with Crippen LogP contribution in [0, 0.1) is 0 Å². The van der Waals surface area contributed by atoms with Crippen molar-refractivity contribution in [3.8, 4) is 11.5 Å². The fourth-order valence-corrected chi connectivity index (χ4v) is 2.23. The highest BCUT2D eigenvalue weighted by molar-refractivity contribution is 5.77. The van der Waals surface area contributed by atoms with Crippen LogP contribution in [0.25, 0.3) is 11.5 Å². The van der Waals surface area contributed by atoms with Gasteiger partial charge in [-0.2, -0.15) is 5.10 Å². The molecule has 0 spiro atoms. The number of aromatic nitrogens is 4. The minimum absolute atomic E-state index is 0.0887. The predicted molar refractivity (Wildman–Crippen MR) is 75.3 cm³/mol. The molecular formula is C14H17N5O2. The lowest BCUT2D eigenvalue weighted by molar-refractivity contribution is -0.121. The molecule has 2 N–H and O–H groups in total. The fourth-order valence-electron chi connectivity index (χ4n) is 2.23. The van der Waals surface area contributed by atoms with Gasteiger partial charge in [0.15, 0.2) is 5.82 Å². The molecule has 2 aromatic heterocycles. The Hall–Kier alpha value is -2.28. The van der Waals surface area contributed by atoms with Crippen LogP contribution in [0.1, 0.15) is 18.7 Å². The van der Waals surface area contributed by atoms with Crippen molar-refractivity contribution in [2.75, 3.05) is 13.2 Å². The number of carbonyl (C=O) groups is 1. The highest BCUT2D eigenvalue weighted by atomic mass is 16.5. The Bertz CT molecular complexity index is 592. The van der Waals surface area contributed by atoms with Gasteiger partial charge in [0, 0.05) is 19.3 Å². The van der Waals surface area contributed by atoms with Gasteiger partial charge in [-0.15, -0.1) is 0 Å². The van der Waals surface area contributed by atoms with Crippen molar-refractivity contribution in [2.24, 2.45) is 0 Å². The van der Waals surface area contributed by atoms with Crippen LogP contribution in [0.3, 0.4) is 0 Å². The molecule has 0 unspecified atom stereocenters. The first-order valence-corrected chi connectivity index (χ1v) is 7.02. The van der Waals surface area contributed by atoms with Gasteiger partial charge in [-0.05, 0) is 25.0 Å². The van der Waals surface area contributed by atoms with Crippen LogP contribution in [0.5, 0.6) is 0 Å². The van der Waals surface area contributed by atoms with Crippen molar-refractivity contribution in [3.05, 3.63) is 30.2 Å². The first-order chi connectivity index (χ1) is 10.3. The van der Waals surface area contributed by atoms with Crippen molar-refractivity contribution >= 4 is 5.91 Å². The summed E-state index contributed by atoms with van der Waals surface area (Å²) < 4.78 is 5.46. The molecule has 7 heteroatoms. The van der Waals surface area contributed by atoms with Crippen molar-refractivity contribution < 1.29 is 9.53 Å². The number of nitrogens with one attached hydrogen (secondary N) is 2. The van der Waals surface area contributed by atoms with Crippen molar-refractivity contribution in [1.82, 2.24) is 25.5 Å². The minimum atomic E-state index is -0.0887. The van der Waals surface area contributed by atoms with Crippen LogP contribution in [0.15, 0.2) is 24.4 Å². The monoisotopic (exact) mass is 287 g/mol. The molecule has 1 aliphatic heterocycles. The number of rotatable bonds is 5. The lowest BCUT2D eigenvalue weighted by Crippen LogP contribution is -2.33. The summed E-state index contributed by atoms with van der Waals surface area (Å²) in [4.78, 5) is 20.3. The van der Waals surface area contributed by atoms with E-state index >= 15 is 0 Å². The highest BCUT2D eigenvalue weighted by Crippen LogP contribution is 2.11. The maximum Gasteiger partial charge on any atom is 0.227 e. The molecule has 21 heavy (non-hydrogen) atoms. The van der Waals surface area contributed by atoms with E-state index in [0.29, 0.717) is 23.9 Å². The summed E-state index contributed by atoms with van der Waals surface area (Å²) in [5.74, 6) is 0.937. The second-order valence-electron chi connectivity index (χ2n) is 4.94. The number of hydrogen-bond acceptors (Lipinski definition) is 5. The topological polar surface area (TPSA) is 92.8 Å². The standard InChI is InChI=1S/C14H17N5O2/c20-13(16-9-10-4-3-7-21-10)8-12-17-14(19-18-12)11-5-1-2-6-15-11/h1-2,5-6,10H,3-4,7-9H2,(H,16,20)(H,17,18,19)/t10-/m1/s1. The number of H-pyrrole nitrogens is 1. The quantitative estimate of drug-likeness (QED) is 0.844. The van der Waals surface area contributed by atoms with Gasteiger partial charge in [-0.3, -0.25) is 14.9 Å². The second-order valence-corrected chi connectivity index (χ2v) is 4.94. The van der Waals surface area contributed by atoms with Crippen LogP contribution >= 0.6 is 0 Å². The number of nitrogens with zero attached hydrogens (tertiary/aromatic N) is 3. The van der Waals surface area contributed by atoms with Gasteiger partial charge in [0.2, 0.25) is 5.91 Å². The Morgan fingerprint density at radius 2 is 2.43 bits per heavy atom. The zero-order chi connectivity index (χ0) is 14.5. The SMILES string of the molecule is O=C(Cc1nc(-c2ccccn2)n[nH]1)NC[C@H]1CCCO1. The van der Waals surface area contributed by atoms with E-state index in [1.807, 2.05) is 18.2 Å². The van der Waals surface area contributed by atoms with E-state index in [-0.39, 0.29) is 18.4 Å². The smallest absolute Gasteiger partial charge is 0.227 e. The molecule has 110 valence electrons. The molecule has 0 bridgehead atoms. The molecule has 0 radical (unpaired) electrons. The fraction of sp³-hybridized carbons (Fsp3) is 0.429. The molecule has 1 atom stereocenters. The van der Waals surface area contributed by atoms with Gasteiger partial charge in [0.05, 0.1) is 12.5 Å². The van der Waals surface area contributed by atoms with Crippen LogP contribution in [-0.2, 0) is 16.0 Å². The average Bonchev–Trinajstić information content (AvgIpc) is 3.17. The van der Waals surface area contributed by atoms with Gasteiger partial charge in [-0.1, -0.05) is 6.07 Å². The zero-order valence-electron chi connectivity index (χ0n) is 11.6. The molecule has 2 aromatic rings. The molecule has 1 saturated heterocycles. The molecular weight excluding hydrogens is 270 g/mol. The Morgan fingerprint density at radius 3 is 3.19 bits per heavy atom. The summed E-state index contributed by atoms with van der Waals surface area (Å²) in [7, 11) is 0. The van der Waals surface area contributed by atoms with Crippen LogP contribution in [0.4, 0.5) is 0 Å². The molecule has 0 aliphatic carbocycles. The predicted octanol–water partition coefficient (Wildman–Crippen LogP) is 0.704. The Kier molecular flexibility index (Phi) is 4.20. The molecule has 1 amide bonds. The van der Waals surface area contributed by atoms with Gasteiger partial charge < -0.3 is 10.1 Å². The van der Waals surface area contributed by atoms with Gasteiger partial charge in [0.25, 0.3) is 0 Å². The summed E-state index contributed by atoms with van der Waals surface area (Å²) in [5, 5.41) is 9.70. The number of amides is 1. The van der Waals surface area contributed by atoms with E-state index in [9.17, 15) is 4.79 Å². The zero-order valence-corrected chi connectivity index (χ0v) is 11.6. The van der Waals surface area contributed by atoms with E-state index in [4.69, 9.17) is 4.74 Å². The lowest BCUT2D eigenvalue weighted by Gasteiger charge is -2.09. The van der Waals surface area contributed by atoms with Crippen LogP contribution in [-0.4, -0.2) is 45.3 Å². The number of hydrogen-bond donors (Lipinski definition) is 2. The third-order valence-electron chi connectivity index (χ3n) is 3.30. The molecule has 0 saturated carbocycles. The Labute approximate surface area is 122 Å². The van der Waals surface area contributed by atoms with Crippen LogP contribution in [0.2, 0.25) is 0 Å². The van der Waals surface area contributed by atoms with E-state index in [2.05, 4.69) is 25.5 Å². The molecule has 1 aliphatic rings. The van der Waals surface area contributed by atoms with Gasteiger partial charge in [0.1, 0.15) is 11.5 Å². The highest BCUT2D eigenvalue weighted by Gasteiger charge is 2.17. The van der Waals surface area contributed by atoms with E-state index in [0.717, 1.165) is 19.4 Å². The minimum Gasteiger partial charge on any atom is -0.376 e. The molecule has 3 heterocycles. The molecule has 1 fully saturated rings. The Morgan fingerprint density at radius 1 is 1.48 bits per heavy atom. The Balaban J connectivity index is 1.53. The summed E-state index contributed by atoms with van der Waals surface area (Å²) >= 11 is 0. The largest absolute Gasteiger partial charge is 0.376 e. The van der Waals surface area contributed by atoms with Gasteiger partial charge in [-0.25, -0.2) is 4.98 Å². The average molecular weight is 287 g/mol. The second kappa shape index (κ2) is 6.45. The third kappa shape index (κ3) is 3.63. The van der Waals surface area contributed by atoms with E-state index in [1.54, 1.807) is 6.20 Å². The van der Waals surface area contributed by atoms with Crippen molar-refractivity contribution in [1.29, 1.82) is 0 Å². The number of aromatic amines is 1. The first kappa shape index (κ1) is 13.7. The maximum absolute atomic E-state index is 11.8. The van der Waals surface area contributed by atoms with Gasteiger partial charge >= 0.3 is 0 Å². The van der Waals surface area contributed by atoms with E-state index in [1.165, 1.54) is 0 Å². The maximum atomic E-state index is 11.8.